The molecule has 3 heterocycles. The van der Waals surface area contributed by atoms with Crippen LogP contribution in [-0.2, 0) is 0 Å². The summed E-state index contributed by atoms with van der Waals surface area (Å²) >= 11 is 0. The van der Waals surface area contributed by atoms with Crippen LogP contribution >= 0.6 is 0 Å². The van der Waals surface area contributed by atoms with Gasteiger partial charge in [0.05, 0.1) is 0 Å². The smallest absolute Gasteiger partial charge is 0.349 e. The molecule has 2 aromatic heterocycles. The van der Waals surface area contributed by atoms with Crippen LogP contribution in [0.5, 0.6) is 0 Å². The summed E-state index contributed by atoms with van der Waals surface area (Å²) in [6.45, 7) is 2.10. The van der Waals surface area contributed by atoms with Crippen molar-refractivity contribution in [2.24, 2.45) is 0 Å². The van der Waals surface area contributed by atoms with Crippen LogP contribution in [0.1, 0.15) is 6.42 Å². The van der Waals surface area contributed by atoms with Crippen LogP contribution < -0.4 is 10.5 Å². The third-order valence-electron chi connectivity index (χ3n) is 4.47. The second-order valence-electron chi connectivity index (χ2n) is 6.00. The minimum absolute atomic E-state index is 0.290. The highest BCUT2D eigenvalue weighted by molar-refractivity contribution is 5.84. The monoisotopic (exact) mass is 318 g/mol. The largest absolute Gasteiger partial charge is 0.436 e. The summed E-state index contributed by atoms with van der Waals surface area (Å²) in [5.41, 5.74) is 2.96. The number of para-hydroxylation sites is 2. The highest BCUT2D eigenvalue weighted by atomic mass is 16.4. The lowest BCUT2D eigenvalue weighted by Crippen LogP contribution is -2.36. The van der Waals surface area contributed by atoms with Crippen molar-refractivity contribution in [2.45, 2.75) is 6.42 Å². The third kappa shape index (κ3) is 2.01. The molecule has 0 amide bonds. The molecule has 5 heteroatoms. The van der Waals surface area contributed by atoms with Crippen LogP contribution in [0.4, 0.5) is 5.69 Å². The van der Waals surface area contributed by atoms with E-state index in [9.17, 15) is 4.79 Å². The molecule has 0 aliphatic carbocycles. The molecule has 0 bridgehead atoms. The summed E-state index contributed by atoms with van der Waals surface area (Å²) < 4.78 is 11.2. The zero-order valence-electron chi connectivity index (χ0n) is 12.9. The predicted octanol–water partition coefficient (Wildman–Crippen LogP) is 3.81. The van der Waals surface area contributed by atoms with E-state index in [0.29, 0.717) is 22.6 Å². The fraction of sp³-hybridized carbons (Fsp3) is 0.158. The third-order valence-corrected chi connectivity index (χ3v) is 4.47. The summed E-state index contributed by atoms with van der Waals surface area (Å²) in [5.74, 6) is 0.290. The van der Waals surface area contributed by atoms with E-state index in [2.05, 4.69) is 16.0 Å². The summed E-state index contributed by atoms with van der Waals surface area (Å²) in [5, 5.41) is 0.858. The molecule has 5 nitrogen and oxygen atoms in total. The molecule has 24 heavy (non-hydrogen) atoms. The van der Waals surface area contributed by atoms with Crippen molar-refractivity contribution >= 4 is 27.8 Å². The summed E-state index contributed by atoms with van der Waals surface area (Å²) in [7, 11) is 0. The zero-order chi connectivity index (χ0) is 16.1. The van der Waals surface area contributed by atoms with E-state index < -0.39 is 5.63 Å². The SMILES string of the molecule is O=c1oc2cc(N3CCC3)ccc2cc1-c1nc2ccccc2o1. The number of aromatic nitrogens is 1. The summed E-state index contributed by atoms with van der Waals surface area (Å²) in [6.07, 6.45) is 1.21. The second kappa shape index (κ2) is 4.96. The standard InChI is InChI=1S/C19H14N2O3/c22-19-14(18-20-15-4-1-2-5-16(15)23-18)10-12-6-7-13(11-17(12)24-19)21-8-3-9-21/h1-2,4-7,10-11H,3,8-9H2. The fourth-order valence-corrected chi connectivity index (χ4v) is 3.01. The van der Waals surface area contributed by atoms with Crippen molar-refractivity contribution in [3.8, 4) is 11.5 Å². The van der Waals surface area contributed by atoms with Crippen LogP contribution in [0, 0.1) is 0 Å². The number of rotatable bonds is 2. The molecule has 0 radical (unpaired) electrons. The van der Waals surface area contributed by atoms with Crippen LogP contribution in [0.3, 0.4) is 0 Å². The van der Waals surface area contributed by atoms with Gasteiger partial charge in [-0.15, -0.1) is 0 Å². The first-order valence-corrected chi connectivity index (χ1v) is 7.97. The molecule has 0 unspecified atom stereocenters. The van der Waals surface area contributed by atoms with Gasteiger partial charge in [-0.2, -0.15) is 0 Å². The first-order valence-electron chi connectivity index (χ1n) is 7.97. The van der Waals surface area contributed by atoms with Crippen LogP contribution in [0.2, 0.25) is 0 Å². The summed E-state index contributed by atoms with van der Waals surface area (Å²) in [6, 6.07) is 15.2. The van der Waals surface area contributed by atoms with Crippen LogP contribution in [-0.4, -0.2) is 18.1 Å². The van der Waals surface area contributed by atoms with Gasteiger partial charge in [-0.05, 0) is 36.8 Å². The lowest BCUT2D eigenvalue weighted by Gasteiger charge is -2.33. The lowest BCUT2D eigenvalue weighted by atomic mass is 10.1. The normalized spacial score (nSPS) is 14.2. The van der Waals surface area contributed by atoms with Gasteiger partial charge in [0.2, 0.25) is 5.89 Å². The average molecular weight is 318 g/mol. The van der Waals surface area contributed by atoms with Gasteiger partial charge in [-0.3, -0.25) is 0 Å². The maximum atomic E-state index is 12.4. The molecule has 2 aromatic carbocycles. The molecule has 0 saturated carbocycles. The van der Waals surface area contributed by atoms with E-state index in [1.807, 2.05) is 36.4 Å². The quantitative estimate of drug-likeness (QED) is 0.526. The van der Waals surface area contributed by atoms with E-state index in [0.717, 1.165) is 29.7 Å². The Labute approximate surface area is 137 Å². The Morgan fingerprint density at radius 2 is 1.83 bits per heavy atom. The molecule has 4 aromatic rings. The van der Waals surface area contributed by atoms with E-state index in [1.54, 1.807) is 6.07 Å². The number of hydrogen-bond acceptors (Lipinski definition) is 5. The minimum atomic E-state index is -0.435. The molecule has 1 aliphatic rings. The van der Waals surface area contributed by atoms with Crippen molar-refractivity contribution in [1.82, 2.24) is 4.98 Å². The number of nitrogens with zero attached hydrogens (tertiary/aromatic N) is 2. The molecular weight excluding hydrogens is 304 g/mol. The first kappa shape index (κ1) is 13.4. The Balaban J connectivity index is 1.65. The number of oxazole rings is 1. The molecule has 118 valence electrons. The van der Waals surface area contributed by atoms with E-state index >= 15 is 0 Å². The molecular formula is C19H14N2O3. The van der Waals surface area contributed by atoms with E-state index in [4.69, 9.17) is 8.83 Å². The molecule has 1 saturated heterocycles. The van der Waals surface area contributed by atoms with E-state index in [1.165, 1.54) is 6.42 Å². The second-order valence-corrected chi connectivity index (χ2v) is 6.00. The van der Waals surface area contributed by atoms with Crippen molar-refractivity contribution < 1.29 is 8.83 Å². The van der Waals surface area contributed by atoms with Gasteiger partial charge in [-0.25, -0.2) is 9.78 Å². The number of hydrogen-bond donors (Lipinski definition) is 0. The topological polar surface area (TPSA) is 59.5 Å². The van der Waals surface area contributed by atoms with Gasteiger partial charge in [0.1, 0.15) is 16.7 Å². The average Bonchev–Trinajstić information content (AvgIpc) is 2.96. The number of anilines is 1. The molecule has 5 rings (SSSR count). The van der Waals surface area contributed by atoms with Gasteiger partial charge in [-0.1, -0.05) is 12.1 Å². The summed E-state index contributed by atoms with van der Waals surface area (Å²) in [4.78, 5) is 19.0. The highest BCUT2D eigenvalue weighted by Crippen LogP contribution is 2.28. The van der Waals surface area contributed by atoms with Crippen LogP contribution in [0.15, 0.2) is 62.2 Å². The first-order chi connectivity index (χ1) is 11.8. The molecule has 0 N–H and O–H groups in total. The predicted molar refractivity (Wildman–Crippen MR) is 92.3 cm³/mol. The maximum Gasteiger partial charge on any atom is 0.349 e. The molecule has 0 spiro atoms. The van der Waals surface area contributed by atoms with Crippen molar-refractivity contribution in [1.29, 1.82) is 0 Å². The van der Waals surface area contributed by atoms with Crippen molar-refractivity contribution in [3.05, 3.63) is 59.0 Å². The molecule has 1 aliphatic heterocycles. The van der Waals surface area contributed by atoms with E-state index in [-0.39, 0.29) is 0 Å². The zero-order valence-corrected chi connectivity index (χ0v) is 12.9. The van der Waals surface area contributed by atoms with Gasteiger partial charge in [0, 0.05) is 30.2 Å². The maximum absolute atomic E-state index is 12.4. The van der Waals surface area contributed by atoms with Crippen LogP contribution in [0.25, 0.3) is 33.5 Å². The number of fused-ring (bicyclic) bond motifs is 2. The Hall–Kier alpha value is -3.08. The fourth-order valence-electron chi connectivity index (χ4n) is 3.01. The Morgan fingerprint density at radius 1 is 0.958 bits per heavy atom. The van der Waals surface area contributed by atoms with Gasteiger partial charge < -0.3 is 13.7 Å². The lowest BCUT2D eigenvalue weighted by molar-refractivity contribution is 0.552. The Bertz CT molecular complexity index is 1090. The number of benzene rings is 2. The molecule has 1 fully saturated rings. The van der Waals surface area contributed by atoms with Gasteiger partial charge >= 0.3 is 5.63 Å². The van der Waals surface area contributed by atoms with Crippen molar-refractivity contribution in [3.63, 3.8) is 0 Å². The highest BCUT2D eigenvalue weighted by Gasteiger charge is 2.17. The molecule has 0 atom stereocenters. The minimum Gasteiger partial charge on any atom is -0.436 e. The van der Waals surface area contributed by atoms with Crippen molar-refractivity contribution in [2.75, 3.05) is 18.0 Å². The van der Waals surface area contributed by atoms with Gasteiger partial charge in [0.25, 0.3) is 0 Å². The Morgan fingerprint density at radius 3 is 2.62 bits per heavy atom. The van der Waals surface area contributed by atoms with Gasteiger partial charge in [0.15, 0.2) is 5.58 Å². The Kier molecular flexibility index (Phi) is 2.76.